The maximum absolute atomic E-state index is 13.6. The molecule has 112 valence electrons. The van der Waals surface area contributed by atoms with Crippen LogP contribution in [0, 0.1) is 27.7 Å². The molecule has 0 aromatic heterocycles. The summed E-state index contributed by atoms with van der Waals surface area (Å²) < 4.78 is 27.2. The quantitative estimate of drug-likeness (QED) is 0.623. The van der Waals surface area contributed by atoms with E-state index < -0.39 is 33.5 Å². The molecule has 2 N–H and O–H groups in total. The lowest BCUT2D eigenvalue weighted by atomic mass is 9.94. The summed E-state index contributed by atoms with van der Waals surface area (Å²) in [6.07, 6.45) is 0.455. The predicted octanol–water partition coefficient (Wildman–Crippen LogP) is 3.08. The molecule has 0 saturated heterocycles. The molecule has 7 heteroatoms. The average molecular weight is 288 g/mol. The van der Waals surface area contributed by atoms with E-state index in [1.807, 2.05) is 13.8 Å². The van der Waals surface area contributed by atoms with Gasteiger partial charge in [0, 0.05) is 6.54 Å². The zero-order valence-corrected chi connectivity index (χ0v) is 11.6. The van der Waals surface area contributed by atoms with Crippen molar-refractivity contribution in [3.63, 3.8) is 0 Å². The number of anilines is 1. The van der Waals surface area contributed by atoms with Crippen LogP contribution in [0.4, 0.5) is 20.2 Å². The zero-order chi connectivity index (χ0) is 15.5. The molecule has 20 heavy (non-hydrogen) atoms. The SMILES string of the molecule is CC(C)CC(C)(O)CNc1c(F)cc([N+](=O)[O-])cc1F. The number of halogens is 2. The van der Waals surface area contributed by atoms with Crippen molar-refractivity contribution in [2.75, 3.05) is 11.9 Å². The van der Waals surface area contributed by atoms with Gasteiger partial charge in [0.2, 0.25) is 0 Å². The molecule has 1 aromatic rings. The van der Waals surface area contributed by atoms with Gasteiger partial charge in [-0.1, -0.05) is 13.8 Å². The van der Waals surface area contributed by atoms with Crippen LogP contribution < -0.4 is 5.32 Å². The van der Waals surface area contributed by atoms with Crippen LogP contribution in [0.2, 0.25) is 0 Å². The minimum absolute atomic E-state index is 0.0587. The van der Waals surface area contributed by atoms with Crippen LogP contribution in [0.3, 0.4) is 0 Å². The first kappa shape index (κ1) is 16.3. The molecule has 1 rings (SSSR count). The molecule has 0 heterocycles. The fourth-order valence-electron chi connectivity index (χ4n) is 2.06. The van der Waals surface area contributed by atoms with Gasteiger partial charge < -0.3 is 10.4 Å². The number of nitro groups is 1. The Kier molecular flexibility index (Phi) is 4.99. The van der Waals surface area contributed by atoms with Crippen molar-refractivity contribution >= 4 is 11.4 Å². The monoisotopic (exact) mass is 288 g/mol. The Morgan fingerprint density at radius 1 is 1.40 bits per heavy atom. The van der Waals surface area contributed by atoms with Crippen LogP contribution in [-0.2, 0) is 0 Å². The lowest BCUT2D eigenvalue weighted by Gasteiger charge is -2.26. The number of rotatable bonds is 6. The molecular weight excluding hydrogens is 270 g/mol. The summed E-state index contributed by atoms with van der Waals surface area (Å²) in [7, 11) is 0. The Balaban J connectivity index is 2.86. The van der Waals surface area contributed by atoms with E-state index in [1.165, 1.54) is 0 Å². The Morgan fingerprint density at radius 2 is 1.90 bits per heavy atom. The van der Waals surface area contributed by atoms with Crippen LogP contribution in [0.15, 0.2) is 12.1 Å². The highest BCUT2D eigenvalue weighted by Crippen LogP contribution is 2.26. The van der Waals surface area contributed by atoms with Crippen LogP contribution in [0.25, 0.3) is 0 Å². The standard InChI is InChI=1S/C13H18F2N2O3/c1-8(2)6-13(3,18)7-16-12-10(14)4-9(17(19)20)5-11(12)15/h4-5,8,16,18H,6-7H2,1-3H3. The van der Waals surface area contributed by atoms with E-state index in [4.69, 9.17) is 0 Å². The largest absolute Gasteiger partial charge is 0.388 e. The number of non-ortho nitro benzene ring substituents is 1. The zero-order valence-electron chi connectivity index (χ0n) is 11.6. The van der Waals surface area contributed by atoms with Crippen molar-refractivity contribution in [2.24, 2.45) is 5.92 Å². The van der Waals surface area contributed by atoms with Crippen molar-refractivity contribution in [1.82, 2.24) is 0 Å². The van der Waals surface area contributed by atoms with Gasteiger partial charge >= 0.3 is 0 Å². The molecule has 0 radical (unpaired) electrons. The molecule has 0 spiro atoms. The number of nitrogens with zero attached hydrogens (tertiary/aromatic N) is 1. The molecule has 0 aliphatic heterocycles. The smallest absolute Gasteiger partial charge is 0.275 e. The second-order valence-electron chi connectivity index (χ2n) is 5.49. The molecular formula is C13H18F2N2O3. The molecule has 0 amide bonds. The van der Waals surface area contributed by atoms with Crippen LogP contribution >= 0.6 is 0 Å². The van der Waals surface area contributed by atoms with Gasteiger partial charge in [0.25, 0.3) is 5.69 Å². The third-order valence-electron chi connectivity index (χ3n) is 2.73. The third-order valence-corrected chi connectivity index (χ3v) is 2.73. The summed E-state index contributed by atoms with van der Waals surface area (Å²) in [5.74, 6) is -1.90. The molecule has 0 saturated carbocycles. The maximum atomic E-state index is 13.6. The highest BCUT2D eigenvalue weighted by atomic mass is 19.1. The first-order chi connectivity index (χ1) is 9.12. The number of nitro benzene ring substituents is 1. The van der Waals surface area contributed by atoms with E-state index in [2.05, 4.69) is 5.32 Å². The van der Waals surface area contributed by atoms with E-state index in [0.717, 1.165) is 0 Å². The summed E-state index contributed by atoms with van der Waals surface area (Å²) >= 11 is 0. The third kappa shape index (κ3) is 4.41. The van der Waals surface area contributed by atoms with Crippen LogP contribution in [-0.4, -0.2) is 22.2 Å². The number of hydrogen-bond acceptors (Lipinski definition) is 4. The minimum Gasteiger partial charge on any atom is -0.388 e. The van der Waals surface area contributed by atoms with Gasteiger partial charge in [0.1, 0.15) is 5.69 Å². The molecule has 0 aliphatic rings. The molecule has 0 fully saturated rings. The van der Waals surface area contributed by atoms with Gasteiger partial charge in [-0.05, 0) is 19.3 Å². The summed E-state index contributed by atoms with van der Waals surface area (Å²) in [4.78, 5) is 9.60. The van der Waals surface area contributed by atoms with Gasteiger partial charge in [-0.25, -0.2) is 8.78 Å². The van der Waals surface area contributed by atoms with E-state index in [0.29, 0.717) is 18.6 Å². The number of nitrogens with one attached hydrogen (secondary N) is 1. The molecule has 1 atom stereocenters. The predicted molar refractivity (Wildman–Crippen MR) is 71.6 cm³/mol. The van der Waals surface area contributed by atoms with Crippen LogP contribution in [0.5, 0.6) is 0 Å². The van der Waals surface area contributed by atoms with Gasteiger partial charge in [0.05, 0.1) is 22.7 Å². The van der Waals surface area contributed by atoms with Crippen molar-refractivity contribution < 1.29 is 18.8 Å². The number of hydrogen-bond donors (Lipinski definition) is 2. The van der Waals surface area contributed by atoms with Gasteiger partial charge in [0.15, 0.2) is 11.6 Å². The molecule has 0 bridgehead atoms. The molecule has 0 aliphatic carbocycles. The van der Waals surface area contributed by atoms with E-state index in [9.17, 15) is 24.0 Å². The highest BCUT2D eigenvalue weighted by molar-refractivity contribution is 5.51. The molecule has 1 aromatic carbocycles. The Bertz CT molecular complexity index is 481. The van der Waals surface area contributed by atoms with Crippen molar-refractivity contribution in [3.8, 4) is 0 Å². The van der Waals surface area contributed by atoms with E-state index >= 15 is 0 Å². The van der Waals surface area contributed by atoms with E-state index in [1.54, 1.807) is 6.92 Å². The minimum atomic E-state index is -1.13. The van der Waals surface area contributed by atoms with Crippen molar-refractivity contribution in [1.29, 1.82) is 0 Å². The van der Waals surface area contributed by atoms with Gasteiger partial charge in [-0.15, -0.1) is 0 Å². The Hall–Kier alpha value is -1.76. The lowest BCUT2D eigenvalue weighted by molar-refractivity contribution is -0.385. The summed E-state index contributed by atoms with van der Waals surface area (Å²) in [6.45, 7) is 5.33. The second kappa shape index (κ2) is 6.13. The summed E-state index contributed by atoms with van der Waals surface area (Å²) in [5.41, 5.74) is -2.26. The fourth-order valence-corrected chi connectivity index (χ4v) is 2.06. The fraction of sp³-hybridized carbons (Fsp3) is 0.538. The first-order valence-electron chi connectivity index (χ1n) is 6.22. The lowest BCUT2D eigenvalue weighted by Crippen LogP contribution is -2.35. The number of aliphatic hydroxyl groups is 1. The second-order valence-corrected chi connectivity index (χ2v) is 5.49. The van der Waals surface area contributed by atoms with Gasteiger partial charge in [-0.3, -0.25) is 10.1 Å². The number of benzene rings is 1. The van der Waals surface area contributed by atoms with Crippen LogP contribution in [0.1, 0.15) is 27.2 Å². The summed E-state index contributed by atoms with van der Waals surface area (Å²) in [6, 6.07) is 1.28. The Morgan fingerprint density at radius 3 is 2.30 bits per heavy atom. The normalized spacial score (nSPS) is 14.2. The first-order valence-corrected chi connectivity index (χ1v) is 6.22. The highest BCUT2D eigenvalue weighted by Gasteiger charge is 2.24. The average Bonchev–Trinajstić information content (AvgIpc) is 2.25. The van der Waals surface area contributed by atoms with Gasteiger partial charge in [-0.2, -0.15) is 0 Å². The summed E-state index contributed by atoms with van der Waals surface area (Å²) in [5, 5.41) is 23.0. The van der Waals surface area contributed by atoms with E-state index in [-0.39, 0.29) is 12.5 Å². The molecule has 1 unspecified atom stereocenters. The Labute approximate surface area is 115 Å². The molecule has 5 nitrogen and oxygen atoms in total. The van der Waals surface area contributed by atoms with Crippen molar-refractivity contribution in [3.05, 3.63) is 33.9 Å². The maximum Gasteiger partial charge on any atom is 0.275 e. The topological polar surface area (TPSA) is 75.4 Å². The van der Waals surface area contributed by atoms with Crippen molar-refractivity contribution in [2.45, 2.75) is 32.8 Å².